The van der Waals surface area contributed by atoms with E-state index in [4.69, 9.17) is 16.0 Å². The molecule has 2 aromatic heterocycles. The Labute approximate surface area is 136 Å². The van der Waals surface area contributed by atoms with Gasteiger partial charge in [-0.15, -0.1) is 10.2 Å². The van der Waals surface area contributed by atoms with Crippen LogP contribution in [0.3, 0.4) is 0 Å². The lowest BCUT2D eigenvalue weighted by atomic mass is 10.2. The average Bonchev–Trinajstić information content (AvgIpc) is 3.01. The van der Waals surface area contributed by atoms with E-state index in [0.29, 0.717) is 16.4 Å². The van der Waals surface area contributed by atoms with Gasteiger partial charge in [0, 0.05) is 23.1 Å². The third-order valence-corrected chi connectivity index (χ3v) is 3.51. The molecule has 1 amide bonds. The summed E-state index contributed by atoms with van der Waals surface area (Å²) in [4.78, 5) is 20.1. The number of rotatable bonds is 4. The minimum absolute atomic E-state index is 0.0424. The summed E-state index contributed by atoms with van der Waals surface area (Å²) in [5, 5.41) is 11.1. The molecule has 0 spiro atoms. The lowest BCUT2D eigenvalue weighted by molar-refractivity contribution is -0.115. The molecule has 0 radical (unpaired) electrons. The number of hydrogen-bond acceptors (Lipinski definition) is 6. The van der Waals surface area contributed by atoms with E-state index < -0.39 is 0 Å². The van der Waals surface area contributed by atoms with Crippen LogP contribution in [0.1, 0.15) is 11.5 Å². The summed E-state index contributed by atoms with van der Waals surface area (Å²) >= 11 is 6.02. The summed E-state index contributed by atoms with van der Waals surface area (Å²) in [6.45, 7) is 1.83. The minimum atomic E-state index is -0.273. The highest BCUT2D eigenvalue weighted by Crippen LogP contribution is 2.23. The second-order valence-electron chi connectivity index (χ2n) is 4.73. The Morgan fingerprint density at radius 2 is 2.17 bits per heavy atom. The van der Waals surface area contributed by atoms with Gasteiger partial charge in [0.1, 0.15) is 12.1 Å². The zero-order valence-electron chi connectivity index (χ0n) is 12.2. The second kappa shape index (κ2) is 6.53. The molecule has 3 rings (SSSR count). The summed E-state index contributed by atoms with van der Waals surface area (Å²) in [5.74, 6) is 0.146. The van der Waals surface area contributed by atoms with Gasteiger partial charge in [-0.2, -0.15) is 0 Å². The smallest absolute Gasteiger partial charge is 0.267 e. The summed E-state index contributed by atoms with van der Waals surface area (Å²) in [6, 6.07) is 5.31. The molecule has 0 aliphatic heterocycles. The average molecular weight is 330 g/mol. The number of nitrogens with zero attached hydrogens (tertiary/aromatic N) is 4. The van der Waals surface area contributed by atoms with Gasteiger partial charge in [-0.05, 0) is 24.6 Å². The third kappa shape index (κ3) is 3.51. The Hall–Kier alpha value is -2.80. The first-order chi connectivity index (χ1) is 11.1. The molecule has 116 valence electrons. The predicted octanol–water partition coefficient (Wildman–Crippen LogP) is 2.67. The van der Waals surface area contributed by atoms with Gasteiger partial charge in [0.25, 0.3) is 5.89 Å². The molecule has 0 aliphatic rings. The summed E-state index contributed by atoms with van der Waals surface area (Å²) in [5.41, 5.74) is 1.90. The van der Waals surface area contributed by atoms with Crippen molar-refractivity contribution in [2.45, 2.75) is 13.3 Å². The number of benzene rings is 1. The van der Waals surface area contributed by atoms with Crippen molar-refractivity contribution in [3.05, 3.63) is 53.3 Å². The van der Waals surface area contributed by atoms with E-state index in [2.05, 4.69) is 25.5 Å². The number of carbonyl (C=O) groups is 1. The molecule has 0 fully saturated rings. The van der Waals surface area contributed by atoms with Crippen LogP contribution in [0.15, 0.2) is 41.2 Å². The molecule has 3 aromatic rings. The SMILES string of the molecule is Cc1c(Cl)cccc1NC(=O)Cc1nnc(-c2cnccn2)o1. The molecule has 8 heteroatoms. The van der Waals surface area contributed by atoms with Gasteiger partial charge in [0.05, 0.1) is 6.20 Å². The number of anilines is 1. The van der Waals surface area contributed by atoms with Gasteiger partial charge in [-0.3, -0.25) is 9.78 Å². The van der Waals surface area contributed by atoms with E-state index >= 15 is 0 Å². The molecule has 0 saturated carbocycles. The van der Waals surface area contributed by atoms with Crippen molar-refractivity contribution in [1.29, 1.82) is 0 Å². The standard InChI is InChI=1S/C15H12ClN5O2/c1-9-10(16)3-2-4-11(9)19-13(22)7-14-20-21-15(23-14)12-8-17-5-6-18-12/h2-6,8H,7H2,1H3,(H,19,22). The first kappa shape index (κ1) is 15.1. The fraction of sp³-hybridized carbons (Fsp3) is 0.133. The highest BCUT2D eigenvalue weighted by Gasteiger charge is 2.14. The first-order valence-corrected chi connectivity index (χ1v) is 7.15. The van der Waals surface area contributed by atoms with Gasteiger partial charge >= 0.3 is 0 Å². The molecule has 0 bridgehead atoms. The molecule has 1 N–H and O–H groups in total. The maximum atomic E-state index is 12.1. The van der Waals surface area contributed by atoms with Gasteiger partial charge in [-0.1, -0.05) is 17.7 Å². The van der Waals surface area contributed by atoms with E-state index in [-0.39, 0.29) is 24.1 Å². The maximum Gasteiger partial charge on any atom is 0.267 e. The molecule has 0 unspecified atom stereocenters. The molecule has 0 saturated heterocycles. The molecule has 7 nitrogen and oxygen atoms in total. The second-order valence-corrected chi connectivity index (χ2v) is 5.14. The van der Waals surface area contributed by atoms with Crippen LogP contribution >= 0.6 is 11.6 Å². The fourth-order valence-electron chi connectivity index (χ4n) is 1.91. The maximum absolute atomic E-state index is 12.1. The number of hydrogen-bond donors (Lipinski definition) is 1. The molecule has 1 aromatic carbocycles. The van der Waals surface area contributed by atoms with Gasteiger partial charge in [0.2, 0.25) is 11.8 Å². The Morgan fingerprint density at radius 1 is 1.30 bits per heavy atom. The van der Waals surface area contributed by atoms with Crippen LogP contribution in [-0.2, 0) is 11.2 Å². The van der Waals surface area contributed by atoms with Gasteiger partial charge in [-0.25, -0.2) is 4.98 Å². The molecular weight excluding hydrogens is 318 g/mol. The van der Waals surface area contributed by atoms with Crippen LogP contribution in [0.25, 0.3) is 11.6 Å². The highest BCUT2D eigenvalue weighted by molar-refractivity contribution is 6.31. The molecule has 0 atom stereocenters. The lowest BCUT2D eigenvalue weighted by Crippen LogP contribution is -2.15. The number of amides is 1. The number of carbonyl (C=O) groups excluding carboxylic acids is 1. The van der Waals surface area contributed by atoms with Gasteiger partial charge < -0.3 is 9.73 Å². The van der Waals surface area contributed by atoms with Crippen LogP contribution in [0.4, 0.5) is 5.69 Å². The molecular formula is C15H12ClN5O2. The van der Waals surface area contributed by atoms with Crippen LogP contribution in [0, 0.1) is 6.92 Å². The topological polar surface area (TPSA) is 93.8 Å². The summed E-state index contributed by atoms with van der Waals surface area (Å²) in [7, 11) is 0. The number of nitrogens with one attached hydrogen (secondary N) is 1. The Kier molecular flexibility index (Phi) is 4.29. The molecule has 2 heterocycles. The van der Waals surface area contributed by atoms with Crippen molar-refractivity contribution in [2.24, 2.45) is 0 Å². The quantitative estimate of drug-likeness (QED) is 0.790. The van der Waals surface area contributed by atoms with Crippen molar-refractivity contribution >= 4 is 23.2 Å². The lowest BCUT2D eigenvalue weighted by Gasteiger charge is -2.08. The van der Waals surface area contributed by atoms with Gasteiger partial charge in [0.15, 0.2) is 0 Å². The zero-order valence-corrected chi connectivity index (χ0v) is 12.9. The highest BCUT2D eigenvalue weighted by atomic mass is 35.5. The van der Waals surface area contributed by atoms with E-state index in [0.717, 1.165) is 5.56 Å². The summed E-state index contributed by atoms with van der Waals surface area (Å²) in [6.07, 6.45) is 4.53. The number of halogens is 1. The summed E-state index contributed by atoms with van der Waals surface area (Å²) < 4.78 is 5.42. The monoisotopic (exact) mass is 329 g/mol. The van der Waals surface area contributed by atoms with Crippen LogP contribution < -0.4 is 5.32 Å². The third-order valence-electron chi connectivity index (χ3n) is 3.10. The molecule has 23 heavy (non-hydrogen) atoms. The van der Waals surface area contributed by atoms with Crippen molar-refractivity contribution in [3.8, 4) is 11.6 Å². The predicted molar refractivity (Wildman–Crippen MR) is 83.8 cm³/mol. The Bertz CT molecular complexity index is 835. The Morgan fingerprint density at radius 3 is 2.96 bits per heavy atom. The normalized spacial score (nSPS) is 10.5. The van der Waals surface area contributed by atoms with E-state index in [1.54, 1.807) is 24.4 Å². The van der Waals surface area contributed by atoms with E-state index in [9.17, 15) is 4.79 Å². The van der Waals surface area contributed by atoms with Crippen molar-refractivity contribution in [2.75, 3.05) is 5.32 Å². The van der Waals surface area contributed by atoms with E-state index in [1.807, 2.05) is 6.92 Å². The van der Waals surface area contributed by atoms with E-state index in [1.165, 1.54) is 12.4 Å². The van der Waals surface area contributed by atoms with Crippen LogP contribution in [-0.4, -0.2) is 26.1 Å². The van der Waals surface area contributed by atoms with Crippen molar-refractivity contribution in [3.63, 3.8) is 0 Å². The Balaban J connectivity index is 1.69. The molecule has 0 aliphatic carbocycles. The fourth-order valence-corrected chi connectivity index (χ4v) is 2.09. The van der Waals surface area contributed by atoms with Crippen LogP contribution in [0.5, 0.6) is 0 Å². The van der Waals surface area contributed by atoms with Crippen molar-refractivity contribution in [1.82, 2.24) is 20.2 Å². The number of aromatic nitrogens is 4. The first-order valence-electron chi connectivity index (χ1n) is 6.77. The largest absolute Gasteiger partial charge is 0.419 e. The zero-order chi connectivity index (χ0) is 16.2. The van der Waals surface area contributed by atoms with Crippen LogP contribution in [0.2, 0.25) is 5.02 Å². The van der Waals surface area contributed by atoms with Crippen molar-refractivity contribution < 1.29 is 9.21 Å². The minimum Gasteiger partial charge on any atom is -0.419 e.